The van der Waals surface area contributed by atoms with Crippen molar-refractivity contribution in [2.75, 3.05) is 39.9 Å². The Hall–Kier alpha value is -0.850. The first kappa shape index (κ1) is 17.5. The van der Waals surface area contributed by atoms with E-state index < -0.39 is 0 Å². The molecule has 6 nitrogen and oxygen atoms in total. The van der Waals surface area contributed by atoms with E-state index in [9.17, 15) is 9.59 Å². The molecule has 0 aromatic carbocycles. The van der Waals surface area contributed by atoms with Gasteiger partial charge < -0.3 is 20.3 Å². The van der Waals surface area contributed by atoms with Crippen LogP contribution in [0.2, 0.25) is 0 Å². The number of hydrogen-bond donors (Lipinski definition) is 1. The van der Waals surface area contributed by atoms with E-state index in [0.29, 0.717) is 38.1 Å². The van der Waals surface area contributed by atoms with Gasteiger partial charge in [0.2, 0.25) is 11.8 Å². The zero-order valence-corrected chi connectivity index (χ0v) is 13.9. The van der Waals surface area contributed by atoms with E-state index in [1.165, 1.54) is 0 Å². The van der Waals surface area contributed by atoms with Crippen molar-refractivity contribution in [1.29, 1.82) is 0 Å². The number of carbonyl (C=O) groups is 2. The van der Waals surface area contributed by atoms with Gasteiger partial charge in [-0.3, -0.25) is 9.59 Å². The van der Waals surface area contributed by atoms with E-state index in [1.807, 2.05) is 0 Å². The maximum Gasteiger partial charge on any atom is 0.242 e. The zero-order valence-electron chi connectivity index (χ0n) is 13.1. The molecule has 4 atom stereocenters. The minimum absolute atomic E-state index is 0. The fraction of sp³-hybridized carbons (Fsp3) is 0.867. The third kappa shape index (κ3) is 3.24. The van der Waals surface area contributed by atoms with Crippen LogP contribution in [0.5, 0.6) is 0 Å². The monoisotopic (exact) mass is 331 g/mol. The van der Waals surface area contributed by atoms with Gasteiger partial charge in [0, 0.05) is 26.2 Å². The van der Waals surface area contributed by atoms with Crippen molar-refractivity contribution in [2.24, 2.45) is 23.5 Å². The Kier molecular flexibility index (Phi) is 5.69. The Morgan fingerprint density at radius 3 is 2.45 bits per heavy atom. The summed E-state index contributed by atoms with van der Waals surface area (Å²) in [7, 11) is 1.72. The average molecular weight is 332 g/mol. The SMILES string of the molecule is CN(CC(=O)N1CCOCC1)C(=O)C1C2CCC(C2)C1N.Cl. The van der Waals surface area contributed by atoms with Crippen molar-refractivity contribution in [1.82, 2.24) is 9.80 Å². The van der Waals surface area contributed by atoms with Crippen LogP contribution in [-0.2, 0) is 14.3 Å². The summed E-state index contributed by atoms with van der Waals surface area (Å²) in [5.41, 5.74) is 6.22. The highest BCUT2D eigenvalue weighted by Crippen LogP contribution is 2.48. The number of likely N-dealkylation sites (N-methyl/N-ethyl adjacent to an activating group) is 1. The quantitative estimate of drug-likeness (QED) is 0.796. The number of rotatable bonds is 3. The van der Waals surface area contributed by atoms with Crippen LogP contribution in [0.15, 0.2) is 0 Å². The zero-order chi connectivity index (χ0) is 15.0. The van der Waals surface area contributed by atoms with E-state index in [0.717, 1.165) is 19.3 Å². The number of nitrogens with two attached hydrogens (primary N) is 1. The number of amides is 2. The summed E-state index contributed by atoms with van der Waals surface area (Å²) in [6, 6.07) is -0.0165. The first-order chi connectivity index (χ1) is 10.1. The number of hydrogen-bond acceptors (Lipinski definition) is 4. The number of fused-ring (bicyclic) bond motifs is 2. The van der Waals surface area contributed by atoms with Crippen LogP contribution in [0.3, 0.4) is 0 Å². The number of halogens is 1. The Balaban J connectivity index is 0.00000176. The molecule has 2 bridgehead atoms. The Morgan fingerprint density at radius 2 is 1.86 bits per heavy atom. The van der Waals surface area contributed by atoms with Gasteiger partial charge in [-0.2, -0.15) is 0 Å². The number of morpholine rings is 1. The summed E-state index contributed by atoms with van der Waals surface area (Å²) in [6.45, 7) is 2.56. The molecule has 3 rings (SSSR count). The third-order valence-electron chi connectivity index (χ3n) is 5.38. The predicted octanol–water partition coefficient (Wildman–Crippen LogP) is 0.0988. The predicted molar refractivity (Wildman–Crippen MR) is 84.6 cm³/mol. The second-order valence-electron chi connectivity index (χ2n) is 6.62. The Bertz CT molecular complexity index is 426. The maximum absolute atomic E-state index is 12.6. The van der Waals surface area contributed by atoms with E-state index in [2.05, 4.69) is 0 Å². The molecule has 4 unspecified atom stereocenters. The van der Waals surface area contributed by atoms with Gasteiger partial charge >= 0.3 is 0 Å². The lowest BCUT2D eigenvalue weighted by molar-refractivity contribution is -0.144. The lowest BCUT2D eigenvalue weighted by Gasteiger charge is -2.32. The van der Waals surface area contributed by atoms with E-state index >= 15 is 0 Å². The largest absolute Gasteiger partial charge is 0.378 e. The van der Waals surface area contributed by atoms with Gasteiger partial charge in [0.05, 0.1) is 25.7 Å². The number of nitrogens with zero attached hydrogens (tertiary/aromatic N) is 2. The molecule has 2 aliphatic carbocycles. The van der Waals surface area contributed by atoms with E-state index in [1.54, 1.807) is 16.8 Å². The van der Waals surface area contributed by atoms with Crippen LogP contribution in [0.25, 0.3) is 0 Å². The molecule has 2 amide bonds. The lowest BCUT2D eigenvalue weighted by atomic mass is 9.84. The average Bonchev–Trinajstić information content (AvgIpc) is 3.08. The van der Waals surface area contributed by atoms with Crippen molar-refractivity contribution < 1.29 is 14.3 Å². The van der Waals surface area contributed by atoms with Crippen molar-refractivity contribution in [3.8, 4) is 0 Å². The number of ether oxygens (including phenoxy) is 1. The summed E-state index contributed by atoms with van der Waals surface area (Å²) in [4.78, 5) is 28.2. The van der Waals surface area contributed by atoms with Crippen molar-refractivity contribution in [2.45, 2.75) is 25.3 Å². The van der Waals surface area contributed by atoms with Gasteiger partial charge in [0.15, 0.2) is 0 Å². The second kappa shape index (κ2) is 7.15. The van der Waals surface area contributed by atoms with Crippen molar-refractivity contribution in [3.05, 3.63) is 0 Å². The van der Waals surface area contributed by atoms with Crippen LogP contribution in [0.4, 0.5) is 0 Å². The highest BCUT2D eigenvalue weighted by molar-refractivity contribution is 5.86. The summed E-state index contributed by atoms with van der Waals surface area (Å²) in [6.07, 6.45) is 3.36. The van der Waals surface area contributed by atoms with Crippen LogP contribution in [-0.4, -0.2) is 67.6 Å². The highest BCUT2D eigenvalue weighted by Gasteiger charge is 2.49. The topological polar surface area (TPSA) is 75.9 Å². The van der Waals surface area contributed by atoms with Crippen LogP contribution >= 0.6 is 12.4 Å². The van der Waals surface area contributed by atoms with Gasteiger partial charge in [-0.1, -0.05) is 0 Å². The Labute approximate surface area is 137 Å². The molecule has 126 valence electrons. The maximum atomic E-state index is 12.6. The summed E-state index contributed by atoms with van der Waals surface area (Å²) in [5.74, 6) is 0.916. The van der Waals surface area contributed by atoms with Gasteiger partial charge in [-0.25, -0.2) is 0 Å². The first-order valence-corrected chi connectivity index (χ1v) is 7.94. The molecular weight excluding hydrogens is 306 g/mol. The highest BCUT2D eigenvalue weighted by atomic mass is 35.5. The standard InChI is InChI=1S/C15H25N3O3.ClH/c1-17(9-12(19)18-4-6-21-7-5-18)15(20)13-10-2-3-11(8-10)14(13)16;/h10-11,13-14H,2-9,16H2,1H3;1H. The molecule has 1 heterocycles. The fourth-order valence-corrected chi connectivity index (χ4v) is 4.15. The van der Waals surface area contributed by atoms with E-state index in [-0.39, 0.29) is 42.7 Å². The van der Waals surface area contributed by atoms with Gasteiger partial charge in [0.25, 0.3) is 0 Å². The third-order valence-corrected chi connectivity index (χ3v) is 5.38. The normalized spacial score (nSPS) is 33.5. The molecule has 7 heteroatoms. The molecule has 0 aromatic rings. The minimum atomic E-state index is -0.0776. The molecule has 3 fully saturated rings. The van der Waals surface area contributed by atoms with Crippen molar-refractivity contribution in [3.63, 3.8) is 0 Å². The fourth-order valence-electron chi connectivity index (χ4n) is 4.15. The van der Waals surface area contributed by atoms with Gasteiger partial charge in [0.1, 0.15) is 0 Å². The van der Waals surface area contributed by atoms with Crippen LogP contribution < -0.4 is 5.73 Å². The second-order valence-corrected chi connectivity index (χ2v) is 6.62. The molecule has 0 radical (unpaired) electrons. The minimum Gasteiger partial charge on any atom is -0.378 e. The first-order valence-electron chi connectivity index (χ1n) is 7.94. The summed E-state index contributed by atoms with van der Waals surface area (Å²) >= 11 is 0. The number of carbonyl (C=O) groups excluding carboxylic acids is 2. The van der Waals surface area contributed by atoms with Crippen molar-refractivity contribution >= 4 is 24.2 Å². The molecule has 3 aliphatic rings. The smallest absolute Gasteiger partial charge is 0.242 e. The molecule has 0 aromatic heterocycles. The molecule has 1 saturated heterocycles. The molecule has 2 saturated carbocycles. The summed E-state index contributed by atoms with van der Waals surface area (Å²) in [5, 5.41) is 0. The summed E-state index contributed by atoms with van der Waals surface area (Å²) < 4.78 is 5.24. The van der Waals surface area contributed by atoms with E-state index in [4.69, 9.17) is 10.5 Å². The molecule has 2 N–H and O–H groups in total. The molecule has 0 spiro atoms. The Morgan fingerprint density at radius 1 is 1.23 bits per heavy atom. The van der Waals surface area contributed by atoms with Gasteiger partial charge in [-0.15, -0.1) is 12.4 Å². The van der Waals surface area contributed by atoms with Crippen LogP contribution in [0, 0.1) is 17.8 Å². The van der Waals surface area contributed by atoms with Gasteiger partial charge in [-0.05, 0) is 31.1 Å². The molecule has 1 aliphatic heterocycles. The van der Waals surface area contributed by atoms with Crippen LogP contribution in [0.1, 0.15) is 19.3 Å². The lowest BCUT2D eigenvalue weighted by Crippen LogP contribution is -2.50. The molecular formula is C15H26ClN3O3. The molecule has 22 heavy (non-hydrogen) atoms.